The Bertz CT molecular complexity index is 541. The second kappa shape index (κ2) is 5.96. The second-order valence-electron chi connectivity index (χ2n) is 4.50. The Hall–Kier alpha value is -2.02. The van der Waals surface area contributed by atoms with Gasteiger partial charge in [-0.15, -0.1) is 0 Å². The molecule has 5 nitrogen and oxygen atoms in total. The van der Waals surface area contributed by atoms with E-state index in [1.807, 2.05) is 0 Å². The van der Waals surface area contributed by atoms with Crippen molar-refractivity contribution in [3.8, 4) is 0 Å². The first-order valence-corrected chi connectivity index (χ1v) is 6.11. The van der Waals surface area contributed by atoms with Crippen LogP contribution in [-0.2, 0) is 9.53 Å². The summed E-state index contributed by atoms with van der Waals surface area (Å²) < 4.78 is 31.4. The minimum Gasteiger partial charge on any atom is -0.478 e. The molecule has 0 aromatic heterocycles. The van der Waals surface area contributed by atoms with Crippen LogP contribution in [0, 0.1) is 11.6 Å². The Balaban J connectivity index is 2.13. The lowest BCUT2D eigenvalue weighted by molar-refractivity contribution is -0.118. The van der Waals surface area contributed by atoms with Crippen LogP contribution < -0.4 is 5.32 Å². The van der Waals surface area contributed by atoms with Gasteiger partial charge in [-0.05, 0) is 18.9 Å². The van der Waals surface area contributed by atoms with Gasteiger partial charge in [-0.1, -0.05) is 0 Å². The van der Waals surface area contributed by atoms with Crippen molar-refractivity contribution in [3.63, 3.8) is 0 Å². The molecule has 7 heteroatoms. The third kappa shape index (κ3) is 3.30. The Labute approximate surface area is 113 Å². The molecule has 2 rings (SSSR count). The van der Waals surface area contributed by atoms with E-state index in [1.165, 1.54) is 0 Å². The number of halogens is 2. The zero-order valence-electron chi connectivity index (χ0n) is 10.5. The zero-order valence-corrected chi connectivity index (χ0v) is 10.5. The molecule has 1 unspecified atom stereocenters. The Morgan fingerprint density at radius 1 is 1.35 bits per heavy atom. The van der Waals surface area contributed by atoms with Crippen molar-refractivity contribution in [2.24, 2.45) is 0 Å². The zero-order chi connectivity index (χ0) is 14.7. The lowest BCUT2D eigenvalue weighted by atomic mass is 10.1. The van der Waals surface area contributed by atoms with E-state index < -0.39 is 29.1 Å². The monoisotopic (exact) mass is 285 g/mol. The Morgan fingerprint density at radius 2 is 2.05 bits per heavy atom. The van der Waals surface area contributed by atoms with Gasteiger partial charge in [-0.25, -0.2) is 13.6 Å². The third-order valence-corrected chi connectivity index (χ3v) is 3.00. The second-order valence-corrected chi connectivity index (χ2v) is 4.50. The molecule has 1 fully saturated rings. The van der Waals surface area contributed by atoms with E-state index in [9.17, 15) is 18.4 Å². The molecule has 1 aliphatic heterocycles. The number of nitrogens with one attached hydrogen (secondary N) is 1. The molecule has 1 atom stereocenters. The number of carboxylic acid groups (broad SMARTS) is 1. The number of aromatic carboxylic acids is 1. The number of hydrogen-bond donors (Lipinski definition) is 2. The van der Waals surface area contributed by atoms with Gasteiger partial charge in [0, 0.05) is 12.7 Å². The average molecular weight is 285 g/mol. The highest BCUT2D eigenvalue weighted by molar-refractivity contribution is 6.00. The molecule has 2 N–H and O–H groups in total. The summed E-state index contributed by atoms with van der Waals surface area (Å²) in [5.41, 5.74) is -0.760. The van der Waals surface area contributed by atoms with Crippen molar-refractivity contribution >= 4 is 17.6 Å². The quantitative estimate of drug-likeness (QED) is 0.889. The standard InChI is InChI=1S/C13H13F2NO4/c14-9-5-8(13(18)19)11(6-10(9)15)16-12(17)4-7-2-1-3-20-7/h5-7H,1-4H2,(H,16,17)(H,18,19). The fraction of sp³-hybridized carbons (Fsp3) is 0.385. The summed E-state index contributed by atoms with van der Waals surface area (Å²) in [5, 5.41) is 11.2. The number of carboxylic acids is 1. The maximum Gasteiger partial charge on any atom is 0.337 e. The summed E-state index contributed by atoms with van der Waals surface area (Å²) in [6.45, 7) is 0.587. The summed E-state index contributed by atoms with van der Waals surface area (Å²) in [6.07, 6.45) is 1.45. The highest BCUT2D eigenvalue weighted by Crippen LogP contribution is 2.22. The van der Waals surface area contributed by atoms with Crippen LogP contribution in [0.4, 0.5) is 14.5 Å². The molecular weight excluding hydrogens is 272 g/mol. The van der Waals surface area contributed by atoms with Crippen LogP contribution in [0.15, 0.2) is 12.1 Å². The molecule has 108 valence electrons. The summed E-state index contributed by atoms with van der Waals surface area (Å²) >= 11 is 0. The molecule has 1 saturated heterocycles. The number of rotatable bonds is 4. The summed E-state index contributed by atoms with van der Waals surface area (Å²) in [7, 11) is 0. The first-order chi connectivity index (χ1) is 9.47. The predicted octanol–water partition coefficient (Wildman–Crippen LogP) is 2.17. The molecule has 1 aromatic carbocycles. The molecule has 0 spiro atoms. The van der Waals surface area contributed by atoms with E-state index in [1.54, 1.807) is 0 Å². The van der Waals surface area contributed by atoms with E-state index in [0.717, 1.165) is 12.8 Å². The molecule has 1 heterocycles. The van der Waals surface area contributed by atoms with Gasteiger partial charge in [0.15, 0.2) is 11.6 Å². The fourth-order valence-corrected chi connectivity index (χ4v) is 2.04. The molecule has 0 radical (unpaired) electrons. The predicted molar refractivity (Wildman–Crippen MR) is 65.5 cm³/mol. The highest BCUT2D eigenvalue weighted by Gasteiger charge is 2.21. The van der Waals surface area contributed by atoms with Crippen LogP contribution in [0.2, 0.25) is 0 Å². The first-order valence-electron chi connectivity index (χ1n) is 6.11. The lowest BCUT2D eigenvalue weighted by Crippen LogP contribution is -2.20. The number of carbonyl (C=O) groups excluding carboxylic acids is 1. The molecule has 1 aliphatic rings. The van der Waals surface area contributed by atoms with E-state index in [4.69, 9.17) is 9.84 Å². The topological polar surface area (TPSA) is 75.6 Å². The molecular formula is C13H13F2NO4. The van der Waals surface area contributed by atoms with Crippen molar-refractivity contribution in [2.45, 2.75) is 25.4 Å². The molecule has 0 saturated carbocycles. The van der Waals surface area contributed by atoms with E-state index in [2.05, 4.69) is 5.32 Å². The summed E-state index contributed by atoms with van der Waals surface area (Å²) in [4.78, 5) is 22.7. The average Bonchev–Trinajstić information content (AvgIpc) is 2.85. The van der Waals surface area contributed by atoms with Gasteiger partial charge in [0.2, 0.25) is 5.91 Å². The molecule has 1 amide bonds. The number of ether oxygens (including phenoxy) is 1. The summed E-state index contributed by atoms with van der Waals surface area (Å²) in [6, 6.07) is 1.20. The maximum absolute atomic E-state index is 13.1. The summed E-state index contributed by atoms with van der Waals surface area (Å²) in [5.74, 6) is -4.44. The number of anilines is 1. The van der Waals surface area contributed by atoms with Gasteiger partial charge in [-0.3, -0.25) is 4.79 Å². The van der Waals surface area contributed by atoms with Crippen LogP contribution >= 0.6 is 0 Å². The van der Waals surface area contributed by atoms with Crippen LogP contribution in [-0.4, -0.2) is 29.7 Å². The van der Waals surface area contributed by atoms with E-state index in [-0.39, 0.29) is 18.2 Å². The number of amides is 1. The van der Waals surface area contributed by atoms with Gasteiger partial charge >= 0.3 is 5.97 Å². The van der Waals surface area contributed by atoms with Crippen LogP contribution in [0.25, 0.3) is 0 Å². The SMILES string of the molecule is O=C(CC1CCCO1)Nc1cc(F)c(F)cc1C(=O)O. The minimum absolute atomic E-state index is 0.0536. The van der Waals surface area contributed by atoms with Gasteiger partial charge in [0.1, 0.15) is 0 Å². The number of hydrogen-bond acceptors (Lipinski definition) is 3. The normalized spacial score (nSPS) is 18.0. The van der Waals surface area contributed by atoms with E-state index >= 15 is 0 Å². The van der Waals surface area contributed by atoms with Gasteiger partial charge in [0.05, 0.1) is 23.8 Å². The van der Waals surface area contributed by atoms with Crippen LogP contribution in [0.1, 0.15) is 29.6 Å². The fourth-order valence-electron chi connectivity index (χ4n) is 2.04. The van der Waals surface area contributed by atoms with E-state index in [0.29, 0.717) is 18.7 Å². The number of carbonyl (C=O) groups is 2. The number of benzene rings is 1. The highest BCUT2D eigenvalue weighted by atomic mass is 19.2. The molecule has 1 aromatic rings. The van der Waals surface area contributed by atoms with Crippen molar-refractivity contribution in [1.82, 2.24) is 0 Å². The van der Waals surface area contributed by atoms with Gasteiger partial charge in [-0.2, -0.15) is 0 Å². The maximum atomic E-state index is 13.1. The molecule has 0 aliphatic carbocycles. The van der Waals surface area contributed by atoms with Crippen LogP contribution in [0.5, 0.6) is 0 Å². The molecule has 20 heavy (non-hydrogen) atoms. The Kier molecular flexibility index (Phi) is 4.29. The third-order valence-electron chi connectivity index (χ3n) is 3.00. The van der Waals surface area contributed by atoms with Crippen molar-refractivity contribution < 1.29 is 28.2 Å². The largest absolute Gasteiger partial charge is 0.478 e. The smallest absolute Gasteiger partial charge is 0.337 e. The minimum atomic E-state index is -1.45. The Morgan fingerprint density at radius 3 is 2.65 bits per heavy atom. The first kappa shape index (κ1) is 14.4. The lowest BCUT2D eigenvalue weighted by Gasteiger charge is -2.12. The van der Waals surface area contributed by atoms with Gasteiger partial charge in [0.25, 0.3) is 0 Å². The van der Waals surface area contributed by atoms with Crippen LogP contribution in [0.3, 0.4) is 0 Å². The van der Waals surface area contributed by atoms with Crippen molar-refractivity contribution in [3.05, 3.63) is 29.3 Å². The van der Waals surface area contributed by atoms with Gasteiger partial charge < -0.3 is 15.2 Å². The van der Waals surface area contributed by atoms with Crippen molar-refractivity contribution in [2.75, 3.05) is 11.9 Å². The molecule has 0 bridgehead atoms. The van der Waals surface area contributed by atoms with Crippen molar-refractivity contribution in [1.29, 1.82) is 0 Å².